The van der Waals surface area contributed by atoms with Crippen LogP contribution >= 0.6 is 0 Å². The van der Waals surface area contributed by atoms with Crippen molar-refractivity contribution >= 4 is 17.9 Å². The molecule has 1 saturated carbocycles. The highest BCUT2D eigenvalue weighted by atomic mass is 16.5. The third-order valence-corrected chi connectivity index (χ3v) is 5.77. The molecule has 0 spiro atoms. The van der Waals surface area contributed by atoms with Crippen molar-refractivity contribution in [3.8, 4) is 0 Å². The van der Waals surface area contributed by atoms with Crippen molar-refractivity contribution in [2.45, 2.75) is 71.4 Å². The lowest BCUT2D eigenvalue weighted by atomic mass is 9.97. The smallest absolute Gasteiger partial charge is 0.407 e. The number of carbonyl (C=O) groups is 3. The predicted octanol–water partition coefficient (Wildman–Crippen LogP) is 1.57. The minimum absolute atomic E-state index is 0.0421. The number of aliphatic hydroxyl groups is 1. The molecule has 0 aromatic carbocycles. The Morgan fingerprint density at radius 2 is 2.03 bits per heavy atom. The third-order valence-electron chi connectivity index (χ3n) is 5.77. The topological polar surface area (TPSA) is 117 Å². The molecule has 1 saturated heterocycles. The molecule has 3 amide bonds. The molecule has 0 aromatic heterocycles. The molecule has 1 heterocycles. The van der Waals surface area contributed by atoms with Gasteiger partial charge in [0, 0.05) is 12.5 Å². The maximum atomic E-state index is 12.7. The van der Waals surface area contributed by atoms with Crippen molar-refractivity contribution in [1.29, 1.82) is 0 Å². The molecule has 166 valence electrons. The van der Waals surface area contributed by atoms with E-state index in [9.17, 15) is 19.5 Å². The van der Waals surface area contributed by atoms with E-state index in [4.69, 9.17) is 4.74 Å². The van der Waals surface area contributed by atoms with Crippen LogP contribution in [0.4, 0.5) is 4.79 Å². The Balaban J connectivity index is 1.82. The molecule has 0 bridgehead atoms. The van der Waals surface area contributed by atoms with Crippen LogP contribution in [0.15, 0.2) is 0 Å². The highest BCUT2D eigenvalue weighted by Gasteiger charge is 2.37. The SMILES string of the molecule is CCC[C@H]1C[C@H]1COC(=O)N[C@@H](CC(C)C)C(=O)N[C@H](CO)C[C@@H]1CCNC1=O. The zero-order valence-corrected chi connectivity index (χ0v) is 17.9. The van der Waals surface area contributed by atoms with Gasteiger partial charge < -0.3 is 25.8 Å². The van der Waals surface area contributed by atoms with E-state index >= 15 is 0 Å². The van der Waals surface area contributed by atoms with Gasteiger partial charge in [-0.3, -0.25) is 9.59 Å². The highest BCUT2D eigenvalue weighted by molar-refractivity contribution is 5.86. The number of nitrogens with one attached hydrogen (secondary N) is 3. The fourth-order valence-corrected chi connectivity index (χ4v) is 4.00. The van der Waals surface area contributed by atoms with Crippen molar-refractivity contribution in [3.05, 3.63) is 0 Å². The van der Waals surface area contributed by atoms with Crippen LogP contribution in [0.25, 0.3) is 0 Å². The summed E-state index contributed by atoms with van der Waals surface area (Å²) in [5.74, 6) is 0.679. The van der Waals surface area contributed by atoms with Crippen molar-refractivity contribution in [2.24, 2.45) is 23.7 Å². The molecule has 29 heavy (non-hydrogen) atoms. The van der Waals surface area contributed by atoms with Crippen LogP contribution in [0.1, 0.15) is 59.3 Å². The molecular formula is C21H37N3O5. The Hall–Kier alpha value is -1.83. The van der Waals surface area contributed by atoms with Gasteiger partial charge in [-0.2, -0.15) is 0 Å². The maximum Gasteiger partial charge on any atom is 0.407 e. The monoisotopic (exact) mass is 411 g/mol. The Labute approximate surface area is 173 Å². The number of hydrogen-bond donors (Lipinski definition) is 4. The van der Waals surface area contributed by atoms with E-state index in [1.54, 1.807) is 0 Å². The van der Waals surface area contributed by atoms with Crippen molar-refractivity contribution in [2.75, 3.05) is 19.8 Å². The summed E-state index contributed by atoms with van der Waals surface area (Å²) in [6.07, 6.45) is 4.37. The Bertz CT molecular complexity index is 569. The highest BCUT2D eigenvalue weighted by Crippen LogP contribution is 2.42. The number of hydrogen-bond acceptors (Lipinski definition) is 5. The summed E-state index contributed by atoms with van der Waals surface area (Å²) in [5, 5.41) is 17.9. The van der Waals surface area contributed by atoms with Gasteiger partial charge in [-0.1, -0.05) is 33.6 Å². The summed E-state index contributed by atoms with van der Waals surface area (Å²) >= 11 is 0. The first-order chi connectivity index (χ1) is 13.8. The molecule has 8 heteroatoms. The minimum atomic E-state index is -0.736. The van der Waals surface area contributed by atoms with E-state index in [0.717, 1.165) is 19.3 Å². The van der Waals surface area contributed by atoms with Gasteiger partial charge in [0.25, 0.3) is 0 Å². The predicted molar refractivity (Wildman–Crippen MR) is 109 cm³/mol. The van der Waals surface area contributed by atoms with Crippen molar-refractivity contribution in [1.82, 2.24) is 16.0 Å². The molecular weight excluding hydrogens is 374 g/mol. The van der Waals surface area contributed by atoms with E-state index in [1.165, 1.54) is 0 Å². The van der Waals surface area contributed by atoms with Crippen LogP contribution < -0.4 is 16.0 Å². The van der Waals surface area contributed by atoms with E-state index in [0.29, 0.717) is 44.2 Å². The molecule has 1 aliphatic heterocycles. The number of aliphatic hydroxyl groups excluding tert-OH is 1. The van der Waals surface area contributed by atoms with Gasteiger partial charge in [0.2, 0.25) is 11.8 Å². The molecule has 1 aliphatic carbocycles. The molecule has 5 atom stereocenters. The van der Waals surface area contributed by atoms with Gasteiger partial charge in [0.1, 0.15) is 6.04 Å². The lowest BCUT2D eigenvalue weighted by molar-refractivity contribution is -0.126. The summed E-state index contributed by atoms with van der Waals surface area (Å²) in [5.41, 5.74) is 0. The summed E-state index contributed by atoms with van der Waals surface area (Å²) in [4.78, 5) is 36.7. The molecule has 2 aliphatic rings. The molecule has 2 rings (SSSR count). The fraction of sp³-hybridized carbons (Fsp3) is 0.857. The van der Waals surface area contributed by atoms with Gasteiger partial charge in [-0.15, -0.1) is 0 Å². The molecule has 8 nitrogen and oxygen atoms in total. The lowest BCUT2D eigenvalue weighted by Gasteiger charge is -2.24. The largest absolute Gasteiger partial charge is 0.449 e. The van der Waals surface area contributed by atoms with Crippen LogP contribution in [0.5, 0.6) is 0 Å². The minimum Gasteiger partial charge on any atom is -0.449 e. The average molecular weight is 412 g/mol. The summed E-state index contributed by atoms with van der Waals surface area (Å²) in [7, 11) is 0. The van der Waals surface area contributed by atoms with Crippen molar-refractivity contribution < 1.29 is 24.2 Å². The first-order valence-corrected chi connectivity index (χ1v) is 11.0. The molecule has 0 aromatic rings. The number of amides is 3. The second-order valence-corrected chi connectivity index (χ2v) is 8.87. The molecule has 0 unspecified atom stereocenters. The zero-order chi connectivity index (χ0) is 21.4. The van der Waals surface area contributed by atoms with Gasteiger partial charge in [-0.05, 0) is 43.4 Å². The molecule has 4 N–H and O–H groups in total. The zero-order valence-electron chi connectivity index (χ0n) is 17.9. The first kappa shape index (κ1) is 23.4. The van der Waals surface area contributed by atoms with Gasteiger partial charge in [0.15, 0.2) is 0 Å². The Morgan fingerprint density at radius 3 is 2.62 bits per heavy atom. The van der Waals surface area contributed by atoms with E-state index in [1.807, 2.05) is 13.8 Å². The van der Waals surface area contributed by atoms with E-state index in [-0.39, 0.29) is 30.3 Å². The standard InChI is InChI=1S/C21H37N3O5/c1-4-5-14-9-16(14)12-29-21(28)24-18(8-13(2)3)20(27)23-17(11-25)10-15-6-7-22-19(15)26/h13-18,25H,4-12H2,1-3H3,(H,22,26)(H,23,27)(H,24,28)/t14-,15-,16-,17-,18-/m0/s1. The van der Waals surface area contributed by atoms with Gasteiger partial charge in [0.05, 0.1) is 19.3 Å². The maximum absolute atomic E-state index is 12.7. The summed E-state index contributed by atoms with van der Waals surface area (Å²) in [6, 6.07) is -1.26. The summed E-state index contributed by atoms with van der Waals surface area (Å²) in [6.45, 7) is 6.85. The second kappa shape index (κ2) is 11.4. The van der Waals surface area contributed by atoms with Crippen molar-refractivity contribution in [3.63, 3.8) is 0 Å². The number of rotatable bonds is 12. The Kier molecular flexibility index (Phi) is 9.20. The average Bonchev–Trinajstić information content (AvgIpc) is 3.29. The fourth-order valence-electron chi connectivity index (χ4n) is 4.00. The number of ether oxygens (including phenoxy) is 1. The number of alkyl carbamates (subject to hydrolysis) is 1. The van der Waals surface area contributed by atoms with E-state index in [2.05, 4.69) is 22.9 Å². The quantitative estimate of drug-likeness (QED) is 0.389. The normalized spacial score (nSPS) is 25.3. The number of carbonyl (C=O) groups excluding carboxylic acids is 3. The van der Waals surface area contributed by atoms with Crippen LogP contribution in [0, 0.1) is 23.7 Å². The second-order valence-electron chi connectivity index (χ2n) is 8.87. The van der Waals surface area contributed by atoms with Crippen LogP contribution in [-0.4, -0.2) is 54.9 Å². The van der Waals surface area contributed by atoms with Crippen LogP contribution in [-0.2, 0) is 14.3 Å². The van der Waals surface area contributed by atoms with E-state index < -0.39 is 18.2 Å². The first-order valence-electron chi connectivity index (χ1n) is 11.0. The lowest BCUT2D eigenvalue weighted by Crippen LogP contribution is -2.51. The van der Waals surface area contributed by atoms with Gasteiger partial charge >= 0.3 is 6.09 Å². The van der Waals surface area contributed by atoms with Crippen LogP contribution in [0.2, 0.25) is 0 Å². The molecule has 2 fully saturated rings. The van der Waals surface area contributed by atoms with Gasteiger partial charge in [-0.25, -0.2) is 4.79 Å². The third kappa shape index (κ3) is 7.84. The Morgan fingerprint density at radius 1 is 1.28 bits per heavy atom. The van der Waals surface area contributed by atoms with Crippen LogP contribution in [0.3, 0.4) is 0 Å². The summed E-state index contributed by atoms with van der Waals surface area (Å²) < 4.78 is 5.33. The molecule has 0 radical (unpaired) electrons.